The molecule has 2 bridgehead atoms. The predicted octanol–water partition coefficient (Wildman–Crippen LogP) is 2.48. The number of carboxylic acids is 3. The number of fused-ring (bicyclic) bond motifs is 2. The molecule has 2 aromatic carbocycles. The molecule has 2 aliphatic heterocycles. The van der Waals surface area contributed by atoms with Gasteiger partial charge in [0.15, 0.2) is 17.1 Å². The van der Waals surface area contributed by atoms with E-state index in [2.05, 4.69) is 16.9 Å². The number of methoxy groups -OCH3 is 2. The number of aliphatic hydroxyl groups is 2. The fraction of sp³-hybridized carbons (Fsp3) is 0.452. The van der Waals surface area contributed by atoms with E-state index in [1.165, 1.54) is 5.56 Å². The molecular formula is C31H37NO11. The molecule has 2 aliphatic rings. The highest BCUT2D eigenvalue weighted by molar-refractivity contribution is 5.88. The van der Waals surface area contributed by atoms with Crippen LogP contribution in [0.3, 0.4) is 0 Å². The van der Waals surface area contributed by atoms with E-state index in [0.717, 1.165) is 43.5 Å². The SMILES string of the molecule is C#CCOc1ccc(CN2C3CCC2CC(O)(c2ccc(OC)cc2)C3)cc1OC.O=C(O)CC(O)(CC(=O)O)C(=O)O. The van der Waals surface area contributed by atoms with Crippen molar-refractivity contribution < 1.29 is 54.1 Å². The van der Waals surface area contributed by atoms with Gasteiger partial charge in [0.1, 0.15) is 12.4 Å². The van der Waals surface area contributed by atoms with Crippen molar-refractivity contribution in [1.82, 2.24) is 4.90 Å². The lowest BCUT2D eigenvalue weighted by atomic mass is 9.80. The van der Waals surface area contributed by atoms with E-state index in [4.69, 9.17) is 41.1 Å². The molecule has 232 valence electrons. The number of terminal acetylenes is 1. The van der Waals surface area contributed by atoms with Gasteiger partial charge in [-0.2, -0.15) is 0 Å². The highest BCUT2D eigenvalue weighted by Crippen LogP contribution is 2.46. The maximum Gasteiger partial charge on any atom is 0.336 e. The molecule has 43 heavy (non-hydrogen) atoms. The van der Waals surface area contributed by atoms with Crippen LogP contribution in [0.4, 0.5) is 0 Å². The molecule has 0 saturated carbocycles. The first-order valence-electron chi connectivity index (χ1n) is 13.6. The Labute approximate surface area is 249 Å². The van der Waals surface area contributed by atoms with E-state index in [9.17, 15) is 19.5 Å². The molecule has 2 saturated heterocycles. The molecule has 2 heterocycles. The van der Waals surface area contributed by atoms with Crippen LogP contribution in [-0.2, 0) is 26.5 Å². The molecule has 0 radical (unpaired) electrons. The van der Waals surface area contributed by atoms with Crippen LogP contribution in [0, 0.1) is 12.3 Å². The monoisotopic (exact) mass is 599 g/mol. The summed E-state index contributed by atoms with van der Waals surface area (Å²) in [5.74, 6) is -0.371. The predicted molar refractivity (Wildman–Crippen MR) is 153 cm³/mol. The number of nitrogens with zero attached hydrogens (tertiary/aromatic N) is 1. The summed E-state index contributed by atoms with van der Waals surface area (Å²) in [4.78, 5) is 33.0. The van der Waals surface area contributed by atoms with Crippen LogP contribution in [0.2, 0.25) is 0 Å². The van der Waals surface area contributed by atoms with Crippen LogP contribution >= 0.6 is 0 Å². The fourth-order valence-corrected chi connectivity index (χ4v) is 5.69. The normalized spacial score (nSPS) is 21.1. The second-order valence-electron chi connectivity index (χ2n) is 10.7. The molecule has 12 heteroatoms. The highest BCUT2D eigenvalue weighted by atomic mass is 16.5. The van der Waals surface area contributed by atoms with Gasteiger partial charge in [-0.05, 0) is 61.1 Å². The van der Waals surface area contributed by atoms with Gasteiger partial charge < -0.3 is 39.7 Å². The van der Waals surface area contributed by atoms with E-state index < -0.39 is 42.0 Å². The van der Waals surface area contributed by atoms with E-state index in [0.29, 0.717) is 23.6 Å². The zero-order chi connectivity index (χ0) is 31.8. The molecular weight excluding hydrogens is 562 g/mol. The summed E-state index contributed by atoms with van der Waals surface area (Å²) in [6.45, 7) is 1.05. The van der Waals surface area contributed by atoms with Crippen molar-refractivity contribution in [1.29, 1.82) is 0 Å². The van der Waals surface area contributed by atoms with Crippen molar-refractivity contribution in [3.63, 3.8) is 0 Å². The van der Waals surface area contributed by atoms with Crippen molar-refractivity contribution in [3.05, 3.63) is 53.6 Å². The average molecular weight is 600 g/mol. The lowest BCUT2D eigenvalue weighted by Gasteiger charge is -2.44. The molecule has 0 amide bonds. The van der Waals surface area contributed by atoms with Crippen LogP contribution in [0.25, 0.3) is 0 Å². The Balaban J connectivity index is 0.000000331. The number of benzene rings is 2. The molecule has 2 atom stereocenters. The molecule has 2 unspecified atom stereocenters. The minimum Gasteiger partial charge on any atom is -0.497 e. The number of piperidine rings is 1. The number of carboxylic acid groups (broad SMARTS) is 3. The van der Waals surface area contributed by atoms with Gasteiger partial charge in [-0.1, -0.05) is 24.1 Å². The van der Waals surface area contributed by atoms with Crippen molar-refractivity contribution in [2.24, 2.45) is 0 Å². The zero-order valence-corrected chi connectivity index (χ0v) is 24.1. The summed E-state index contributed by atoms with van der Waals surface area (Å²) in [6.07, 6.45) is 6.72. The lowest BCUT2D eigenvalue weighted by Crippen LogP contribution is -2.49. The molecule has 12 nitrogen and oxygen atoms in total. The molecule has 4 rings (SSSR count). The second kappa shape index (κ2) is 14.2. The Morgan fingerprint density at radius 2 is 1.53 bits per heavy atom. The molecule has 0 aliphatic carbocycles. The Kier molecular flexibility index (Phi) is 11.0. The molecule has 5 N–H and O–H groups in total. The van der Waals surface area contributed by atoms with Crippen LogP contribution in [0.1, 0.15) is 49.7 Å². The number of hydrogen-bond donors (Lipinski definition) is 5. The van der Waals surface area contributed by atoms with Gasteiger partial charge in [0.2, 0.25) is 0 Å². The Hall–Kier alpha value is -4.31. The topological polar surface area (TPSA) is 183 Å². The Bertz CT molecular complexity index is 1300. The Morgan fingerprint density at radius 3 is 2.00 bits per heavy atom. The number of carbonyl (C=O) groups is 3. The first kappa shape index (κ1) is 33.2. The average Bonchev–Trinajstić information content (AvgIpc) is 3.19. The van der Waals surface area contributed by atoms with Crippen molar-refractivity contribution in [2.45, 2.75) is 68.4 Å². The van der Waals surface area contributed by atoms with Crippen molar-refractivity contribution in [3.8, 4) is 29.6 Å². The largest absolute Gasteiger partial charge is 0.497 e. The van der Waals surface area contributed by atoms with Crippen molar-refractivity contribution in [2.75, 3.05) is 20.8 Å². The number of hydrogen-bond acceptors (Lipinski definition) is 9. The van der Waals surface area contributed by atoms with Gasteiger partial charge in [-0.25, -0.2) is 4.79 Å². The third-order valence-electron chi connectivity index (χ3n) is 7.73. The van der Waals surface area contributed by atoms with Gasteiger partial charge >= 0.3 is 17.9 Å². The third-order valence-corrected chi connectivity index (χ3v) is 7.73. The van der Waals surface area contributed by atoms with Crippen LogP contribution < -0.4 is 14.2 Å². The second-order valence-corrected chi connectivity index (χ2v) is 10.7. The fourth-order valence-electron chi connectivity index (χ4n) is 5.69. The van der Waals surface area contributed by atoms with Gasteiger partial charge in [-0.15, -0.1) is 6.42 Å². The summed E-state index contributed by atoms with van der Waals surface area (Å²) in [5.41, 5.74) is -1.36. The van der Waals surface area contributed by atoms with Gasteiger partial charge in [0.25, 0.3) is 0 Å². The van der Waals surface area contributed by atoms with E-state index >= 15 is 0 Å². The van der Waals surface area contributed by atoms with Gasteiger partial charge in [-0.3, -0.25) is 14.5 Å². The van der Waals surface area contributed by atoms with Crippen LogP contribution in [0.15, 0.2) is 42.5 Å². The molecule has 2 aromatic rings. The smallest absolute Gasteiger partial charge is 0.336 e. The first-order valence-corrected chi connectivity index (χ1v) is 13.6. The highest BCUT2D eigenvalue weighted by Gasteiger charge is 2.48. The molecule has 2 fully saturated rings. The van der Waals surface area contributed by atoms with E-state index in [-0.39, 0.29) is 6.61 Å². The first-order chi connectivity index (χ1) is 20.3. The van der Waals surface area contributed by atoms with Gasteiger partial charge in [0, 0.05) is 18.6 Å². The summed E-state index contributed by atoms with van der Waals surface area (Å²) in [5, 5.41) is 45.3. The number of ether oxygens (including phenoxy) is 3. The quantitative estimate of drug-likeness (QED) is 0.225. The van der Waals surface area contributed by atoms with Gasteiger partial charge in [0.05, 0.1) is 32.7 Å². The van der Waals surface area contributed by atoms with E-state index in [1.54, 1.807) is 14.2 Å². The molecule has 0 aromatic heterocycles. The minimum absolute atomic E-state index is 0.218. The summed E-state index contributed by atoms with van der Waals surface area (Å²) >= 11 is 0. The number of aliphatic carboxylic acids is 3. The maximum absolute atomic E-state index is 11.5. The number of rotatable bonds is 12. The third kappa shape index (κ3) is 8.38. The summed E-state index contributed by atoms with van der Waals surface area (Å²) in [6, 6.07) is 14.6. The zero-order valence-electron chi connectivity index (χ0n) is 24.1. The maximum atomic E-state index is 11.5. The Morgan fingerprint density at radius 1 is 0.953 bits per heavy atom. The standard InChI is InChI=1S/C25H29NO4.C6H8O7/c1-4-13-30-23-12-5-18(14-24(23)29-3)17-26-20-8-9-21(26)16-25(27,15-20)19-6-10-22(28-2)11-7-19;7-3(8)1-6(13,5(11)12)2-4(9)10/h1,5-7,10-12,14,20-21,27H,8-9,13,15-17H2,2-3H3;13H,1-2H2,(H,7,8)(H,9,10)(H,11,12). The summed E-state index contributed by atoms with van der Waals surface area (Å²) < 4.78 is 16.3. The van der Waals surface area contributed by atoms with Crippen LogP contribution in [0.5, 0.6) is 17.2 Å². The minimum atomic E-state index is -2.74. The lowest BCUT2D eigenvalue weighted by molar-refractivity contribution is -0.170. The summed E-state index contributed by atoms with van der Waals surface area (Å²) in [7, 11) is 3.30. The van der Waals surface area contributed by atoms with Crippen molar-refractivity contribution >= 4 is 17.9 Å². The molecule has 0 spiro atoms. The van der Waals surface area contributed by atoms with Crippen LogP contribution in [-0.4, -0.2) is 86.9 Å². The van der Waals surface area contributed by atoms with E-state index in [1.807, 2.05) is 36.4 Å².